The molecule has 7 nitrogen and oxygen atoms in total. The van der Waals surface area contributed by atoms with Crippen molar-refractivity contribution in [3.8, 4) is 17.2 Å². The summed E-state index contributed by atoms with van der Waals surface area (Å²) >= 11 is 12.1. The highest BCUT2D eigenvalue weighted by molar-refractivity contribution is 6.35. The molecule has 0 aliphatic carbocycles. The summed E-state index contributed by atoms with van der Waals surface area (Å²) < 4.78 is 17.1. The van der Waals surface area contributed by atoms with E-state index in [2.05, 4.69) is 5.32 Å². The molecule has 194 valence electrons. The highest BCUT2D eigenvalue weighted by atomic mass is 35.5. The molecule has 1 atom stereocenters. The summed E-state index contributed by atoms with van der Waals surface area (Å²) in [6.07, 6.45) is 0.712. The Hall–Kier alpha value is -3.42. The monoisotopic (exact) mass is 542 g/mol. The molecule has 9 heteroatoms. The van der Waals surface area contributed by atoms with Crippen LogP contribution in [0.5, 0.6) is 17.2 Å². The van der Waals surface area contributed by atoms with Crippen LogP contribution in [0, 0.1) is 6.92 Å². The summed E-state index contributed by atoms with van der Waals surface area (Å²) in [7, 11) is 0. The summed E-state index contributed by atoms with van der Waals surface area (Å²) in [5.74, 6) is 1.27. The van der Waals surface area contributed by atoms with Crippen molar-refractivity contribution in [2.24, 2.45) is 0 Å². The van der Waals surface area contributed by atoms with E-state index < -0.39 is 6.10 Å². The van der Waals surface area contributed by atoms with Crippen LogP contribution in [0.2, 0.25) is 10.0 Å². The molecule has 3 aromatic carbocycles. The first-order chi connectivity index (χ1) is 17.8. The Morgan fingerprint density at radius 2 is 1.86 bits per heavy atom. The van der Waals surface area contributed by atoms with E-state index in [-0.39, 0.29) is 18.4 Å². The molecule has 2 amide bonds. The van der Waals surface area contributed by atoms with E-state index in [1.165, 1.54) is 5.56 Å². The van der Waals surface area contributed by atoms with Gasteiger partial charge in [0, 0.05) is 17.3 Å². The van der Waals surface area contributed by atoms with Gasteiger partial charge in [-0.1, -0.05) is 40.9 Å². The number of nitrogens with zero attached hydrogens (tertiary/aromatic N) is 1. The van der Waals surface area contributed by atoms with E-state index in [4.69, 9.17) is 37.4 Å². The van der Waals surface area contributed by atoms with Crippen LogP contribution in [0.15, 0.2) is 60.7 Å². The topological polar surface area (TPSA) is 77.1 Å². The molecule has 1 unspecified atom stereocenters. The Morgan fingerprint density at radius 1 is 1.08 bits per heavy atom. The number of hydrogen-bond donors (Lipinski definition) is 1. The van der Waals surface area contributed by atoms with Crippen molar-refractivity contribution in [1.29, 1.82) is 0 Å². The number of anilines is 2. The number of fused-ring (bicyclic) bond motifs is 1. The molecule has 1 aliphatic rings. The second kappa shape index (κ2) is 12.2. The van der Waals surface area contributed by atoms with Gasteiger partial charge in [-0.15, -0.1) is 0 Å². The Bertz CT molecular complexity index is 1270. The lowest BCUT2D eigenvalue weighted by Crippen LogP contribution is -2.39. The van der Waals surface area contributed by atoms with Gasteiger partial charge < -0.3 is 24.4 Å². The van der Waals surface area contributed by atoms with Gasteiger partial charge in [-0.2, -0.15) is 0 Å². The lowest BCUT2D eigenvalue weighted by Gasteiger charge is -2.30. The summed E-state index contributed by atoms with van der Waals surface area (Å²) in [5.41, 5.74) is 2.32. The second-order valence-electron chi connectivity index (χ2n) is 8.71. The van der Waals surface area contributed by atoms with Gasteiger partial charge in [0.2, 0.25) is 0 Å². The van der Waals surface area contributed by atoms with Crippen LogP contribution in [-0.4, -0.2) is 37.7 Å². The van der Waals surface area contributed by atoms with Crippen LogP contribution in [0.25, 0.3) is 0 Å². The number of rotatable bonds is 10. The number of hydrogen-bond acceptors (Lipinski definition) is 5. The van der Waals surface area contributed by atoms with Crippen LogP contribution in [0.3, 0.4) is 0 Å². The second-order valence-corrected chi connectivity index (χ2v) is 9.55. The summed E-state index contributed by atoms with van der Waals surface area (Å²) in [5, 5.41) is 3.62. The fourth-order valence-electron chi connectivity index (χ4n) is 3.78. The molecule has 0 radical (unpaired) electrons. The van der Waals surface area contributed by atoms with Gasteiger partial charge in [-0.25, -0.2) is 0 Å². The molecule has 4 rings (SSSR count). The molecule has 0 spiro atoms. The van der Waals surface area contributed by atoms with Crippen molar-refractivity contribution < 1.29 is 23.8 Å². The minimum Gasteiger partial charge on any atom is -0.494 e. The molecule has 0 saturated heterocycles. The molecule has 0 fully saturated rings. The summed E-state index contributed by atoms with van der Waals surface area (Å²) in [6.45, 7) is 4.70. The number of nitrogens with one attached hydrogen (secondary N) is 1. The fourth-order valence-corrected chi connectivity index (χ4v) is 4.23. The first kappa shape index (κ1) is 26.6. The first-order valence-corrected chi connectivity index (χ1v) is 12.7. The molecule has 0 aromatic heterocycles. The Balaban J connectivity index is 1.34. The number of ether oxygens (including phenoxy) is 3. The minimum atomic E-state index is -0.822. The standard InChI is InChI=1S/C28H28Cl2N2O5/c1-18-5-9-22(10-6-18)35-14-4-3-13-32-24-16-21(8-12-26(24)36-17-27(32)33)31-28(34)19(2)37-25-11-7-20(29)15-23(25)30/h5-12,15-16,19H,3-4,13-14,17H2,1-2H3,(H,31,34). The van der Waals surface area contributed by atoms with E-state index in [0.29, 0.717) is 46.1 Å². The third-order valence-electron chi connectivity index (χ3n) is 5.80. The maximum atomic E-state index is 12.8. The molecule has 1 aliphatic heterocycles. The van der Waals surface area contributed by atoms with Crippen molar-refractivity contribution in [3.63, 3.8) is 0 Å². The van der Waals surface area contributed by atoms with Gasteiger partial charge in [0.15, 0.2) is 12.7 Å². The summed E-state index contributed by atoms with van der Waals surface area (Å²) in [6, 6.07) is 17.9. The fraction of sp³-hybridized carbons (Fsp3) is 0.286. The molecule has 0 saturated carbocycles. The third kappa shape index (κ3) is 7.08. The number of unbranched alkanes of at least 4 members (excludes halogenated alkanes) is 1. The zero-order valence-corrected chi connectivity index (χ0v) is 22.1. The first-order valence-electron chi connectivity index (χ1n) is 12.0. The van der Waals surface area contributed by atoms with Crippen molar-refractivity contribution >= 4 is 46.4 Å². The Labute approximate surface area is 226 Å². The number of amides is 2. The van der Waals surface area contributed by atoms with Crippen LogP contribution in [-0.2, 0) is 9.59 Å². The van der Waals surface area contributed by atoms with Gasteiger partial charge >= 0.3 is 0 Å². The van der Waals surface area contributed by atoms with Crippen LogP contribution < -0.4 is 24.4 Å². The predicted molar refractivity (Wildman–Crippen MR) is 145 cm³/mol. The normalized spacial score (nSPS) is 13.4. The maximum absolute atomic E-state index is 12.8. The predicted octanol–water partition coefficient (Wildman–Crippen LogP) is 6.29. The number of benzene rings is 3. The average molecular weight is 543 g/mol. The highest BCUT2D eigenvalue weighted by Crippen LogP contribution is 2.35. The third-order valence-corrected chi connectivity index (χ3v) is 6.33. The molecule has 1 heterocycles. The zero-order valence-electron chi connectivity index (χ0n) is 20.6. The molecule has 37 heavy (non-hydrogen) atoms. The largest absolute Gasteiger partial charge is 0.494 e. The lowest BCUT2D eigenvalue weighted by molar-refractivity contribution is -0.122. The smallest absolute Gasteiger partial charge is 0.265 e. The van der Waals surface area contributed by atoms with E-state index >= 15 is 0 Å². The number of carbonyl (C=O) groups is 2. The molecule has 3 aromatic rings. The Morgan fingerprint density at radius 3 is 2.62 bits per heavy atom. The van der Waals surface area contributed by atoms with Gasteiger partial charge in [0.25, 0.3) is 11.8 Å². The van der Waals surface area contributed by atoms with Crippen molar-refractivity contribution in [2.75, 3.05) is 30.0 Å². The van der Waals surface area contributed by atoms with Gasteiger partial charge in [-0.05, 0) is 75.2 Å². The minimum absolute atomic E-state index is 0.0225. The van der Waals surface area contributed by atoms with E-state index in [1.54, 1.807) is 48.2 Å². The van der Waals surface area contributed by atoms with Crippen LogP contribution in [0.4, 0.5) is 11.4 Å². The van der Waals surface area contributed by atoms with Gasteiger partial charge in [0.1, 0.15) is 17.2 Å². The van der Waals surface area contributed by atoms with E-state index in [9.17, 15) is 9.59 Å². The SMILES string of the molecule is Cc1ccc(OCCCCN2C(=O)COc3ccc(NC(=O)C(C)Oc4ccc(Cl)cc4Cl)cc32)cc1. The molecule has 0 bridgehead atoms. The number of halogens is 2. The van der Waals surface area contributed by atoms with E-state index in [0.717, 1.165) is 18.6 Å². The van der Waals surface area contributed by atoms with Crippen molar-refractivity contribution in [2.45, 2.75) is 32.8 Å². The molecular weight excluding hydrogens is 515 g/mol. The van der Waals surface area contributed by atoms with E-state index in [1.807, 2.05) is 31.2 Å². The zero-order chi connectivity index (χ0) is 26.4. The average Bonchev–Trinajstić information content (AvgIpc) is 2.87. The van der Waals surface area contributed by atoms with Crippen LogP contribution >= 0.6 is 23.2 Å². The molecular formula is C28H28Cl2N2O5. The van der Waals surface area contributed by atoms with Crippen LogP contribution in [0.1, 0.15) is 25.3 Å². The van der Waals surface area contributed by atoms with Gasteiger partial charge in [-0.3, -0.25) is 9.59 Å². The van der Waals surface area contributed by atoms with Crippen molar-refractivity contribution in [3.05, 3.63) is 76.3 Å². The maximum Gasteiger partial charge on any atom is 0.265 e. The number of aryl methyl sites for hydroxylation is 1. The lowest BCUT2D eigenvalue weighted by atomic mass is 10.2. The summed E-state index contributed by atoms with van der Waals surface area (Å²) in [4.78, 5) is 27.1. The van der Waals surface area contributed by atoms with Crippen molar-refractivity contribution in [1.82, 2.24) is 0 Å². The highest BCUT2D eigenvalue weighted by Gasteiger charge is 2.26. The Kier molecular flexibility index (Phi) is 8.79. The van der Waals surface area contributed by atoms with Gasteiger partial charge in [0.05, 0.1) is 17.3 Å². The quantitative estimate of drug-likeness (QED) is 0.304. The number of carbonyl (C=O) groups excluding carboxylic acids is 2. The molecule has 1 N–H and O–H groups in total.